The number of cyclic esters (lactones) is 1. The minimum Gasteiger partial charge on any atom is -0.444 e. The molecule has 1 amide bonds. The Hall–Kier alpha value is -3.35. The average Bonchev–Trinajstić information content (AvgIpc) is 3.14. The van der Waals surface area contributed by atoms with Gasteiger partial charge in [0, 0.05) is 30.1 Å². The van der Waals surface area contributed by atoms with Crippen molar-refractivity contribution in [2.24, 2.45) is 5.11 Å². The van der Waals surface area contributed by atoms with E-state index >= 15 is 0 Å². The minimum atomic E-state index is -0.561. The van der Waals surface area contributed by atoms with Crippen molar-refractivity contribution in [1.29, 1.82) is 0 Å². The SMILES string of the molecule is [N-]=[N+]=NC[C@@H]1CN(c2ccc(C3=CCN(Cc4ccccc4)CC3)c(F)c2)C(=O)O1. The van der Waals surface area contributed by atoms with Gasteiger partial charge in [-0.05, 0) is 41.3 Å². The summed E-state index contributed by atoms with van der Waals surface area (Å²) < 4.78 is 20.0. The third kappa shape index (κ3) is 4.45. The van der Waals surface area contributed by atoms with E-state index in [1.54, 1.807) is 12.1 Å². The lowest BCUT2D eigenvalue weighted by Gasteiger charge is -2.27. The van der Waals surface area contributed by atoms with E-state index in [2.05, 4.69) is 33.1 Å². The van der Waals surface area contributed by atoms with E-state index in [1.165, 1.54) is 16.5 Å². The molecule has 1 atom stereocenters. The summed E-state index contributed by atoms with van der Waals surface area (Å²) in [7, 11) is 0. The molecular weight excluding hydrogens is 385 g/mol. The number of anilines is 1. The molecule has 0 saturated carbocycles. The molecule has 2 heterocycles. The number of hydrogen-bond donors (Lipinski definition) is 0. The Morgan fingerprint density at radius 1 is 1.23 bits per heavy atom. The molecule has 0 bridgehead atoms. The van der Waals surface area contributed by atoms with Gasteiger partial charge in [-0.2, -0.15) is 0 Å². The second kappa shape index (κ2) is 8.98. The van der Waals surface area contributed by atoms with Crippen molar-refractivity contribution < 1.29 is 13.9 Å². The fraction of sp³-hybridized carbons (Fsp3) is 0.318. The molecule has 2 aromatic rings. The van der Waals surface area contributed by atoms with Crippen molar-refractivity contribution >= 4 is 17.4 Å². The number of amides is 1. The van der Waals surface area contributed by atoms with Crippen LogP contribution in [0, 0.1) is 5.82 Å². The Kier molecular flexibility index (Phi) is 5.97. The van der Waals surface area contributed by atoms with Crippen molar-refractivity contribution in [1.82, 2.24) is 4.90 Å². The highest BCUT2D eigenvalue weighted by atomic mass is 19.1. The molecule has 0 aliphatic carbocycles. The first-order valence-electron chi connectivity index (χ1n) is 9.88. The normalized spacial score (nSPS) is 19.2. The number of azide groups is 1. The van der Waals surface area contributed by atoms with Crippen molar-refractivity contribution in [2.75, 3.05) is 31.1 Å². The molecule has 1 saturated heterocycles. The predicted octanol–water partition coefficient (Wildman–Crippen LogP) is 4.75. The topological polar surface area (TPSA) is 81.5 Å². The van der Waals surface area contributed by atoms with Gasteiger partial charge in [-0.25, -0.2) is 9.18 Å². The van der Waals surface area contributed by atoms with Gasteiger partial charge in [-0.1, -0.05) is 41.5 Å². The van der Waals surface area contributed by atoms with Gasteiger partial charge in [0.2, 0.25) is 0 Å². The Bertz CT molecular complexity index is 1000. The van der Waals surface area contributed by atoms with Crippen LogP contribution >= 0.6 is 0 Å². The third-order valence-electron chi connectivity index (χ3n) is 5.38. The fourth-order valence-electron chi connectivity index (χ4n) is 3.83. The Morgan fingerprint density at radius 3 is 2.77 bits per heavy atom. The number of carbonyl (C=O) groups excluding carboxylic acids is 1. The fourth-order valence-corrected chi connectivity index (χ4v) is 3.83. The number of halogens is 1. The van der Waals surface area contributed by atoms with Gasteiger partial charge in [0.05, 0.1) is 18.8 Å². The Morgan fingerprint density at radius 2 is 2.07 bits per heavy atom. The highest BCUT2D eigenvalue weighted by molar-refractivity contribution is 5.90. The molecule has 4 rings (SSSR count). The van der Waals surface area contributed by atoms with Crippen molar-refractivity contribution in [3.8, 4) is 0 Å². The summed E-state index contributed by atoms with van der Waals surface area (Å²) in [5.74, 6) is -0.360. The molecule has 1 fully saturated rings. The zero-order chi connectivity index (χ0) is 20.9. The largest absolute Gasteiger partial charge is 0.444 e. The summed E-state index contributed by atoms with van der Waals surface area (Å²) in [5, 5.41) is 3.43. The molecule has 0 unspecified atom stereocenters. The summed E-state index contributed by atoms with van der Waals surface area (Å²) in [6.45, 7) is 2.80. The smallest absolute Gasteiger partial charge is 0.414 e. The maximum Gasteiger partial charge on any atom is 0.414 e. The van der Waals surface area contributed by atoms with Crippen LogP contribution in [0.4, 0.5) is 14.9 Å². The minimum absolute atomic E-state index is 0.0612. The van der Waals surface area contributed by atoms with Crippen LogP contribution < -0.4 is 4.90 Å². The lowest BCUT2D eigenvalue weighted by Crippen LogP contribution is -2.28. The number of nitrogens with zero attached hydrogens (tertiary/aromatic N) is 5. The predicted molar refractivity (Wildman–Crippen MR) is 112 cm³/mol. The van der Waals surface area contributed by atoms with Gasteiger partial charge in [0.25, 0.3) is 0 Å². The molecule has 0 radical (unpaired) electrons. The lowest BCUT2D eigenvalue weighted by molar-refractivity contribution is 0.145. The van der Waals surface area contributed by atoms with Crippen molar-refractivity contribution in [2.45, 2.75) is 19.1 Å². The summed E-state index contributed by atoms with van der Waals surface area (Å²) >= 11 is 0. The molecule has 0 aromatic heterocycles. The molecule has 2 aliphatic heterocycles. The summed E-state index contributed by atoms with van der Waals surface area (Å²) in [5.41, 5.74) is 11.7. The quantitative estimate of drug-likeness (QED) is 0.394. The number of hydrogen-bond acceptors (Lipinski definition) is 4. The number of ether oxygens (including phenoxy) is 1. The highest BCUT2D eigenvalue weighted by Crippen LogP contribution is 2.30. The van der Waals surface area contributed by atoms with E-state index in [4.69, 9.17) is 10.3 Å². The first-order valence-corrected chi connectivity index (χ1v) is 9.88. The van der Waals surface area contributed by atoms with Crippen LogP contribution in [0.3, 0.4) is 0 Å². The van der Waals surface area contributed by atoms with Gasteiger partial charge in [-0.3, -0.25) is 9.80 Å². The Balaban J connectivity index is 1.42. The first-order chi connectivity index (χ1) is 14.6. The summed E-state index contributed by atoms with van der Waals surface area (Å²) in [6.07, 6.45) is 1.76. The van der Waals surface area contributed by atoms with E-state index in [-0.39, 0.29) is 18.9 Å². The standard InChI is InChI=1S/C22H22FN5O2/c23-21-12-18(28-15-19(13-25-26-24)30-22(28)29)6-7-20(21)17-8-10-27(11-9-17)14-16-4-2-1-3-5-16/h1-8,12,19H,9-11,13-15H2/t19-/m1/s1. The van der Waals surface area contributed by atoms with Crippen LogP contribution in [0.15, 0.2) is 59.7 Å². The third-order valence-corrected chi connectivity index (χ3v) is 5.38. The van der Waals surface area contributed by atoms with Crippen LogP contribution in [0.2, 0.25) is 0 Å². The number of carbonyl (C=O) groups is 1. The number of benzene rings is 2. The van der Waals surface area contributed by atoms with Gasteiger partial charge in [0.1, 0.15) is 11.9 Å². The van der Waals surface area contributed by atoms with Crippen molar-refractivity contribution in [3.05, 3.63) is 82.0 Å². The first kappa shape index (κ1) is 19.9. The molecule has 0 N–H and O–H groups in total. The van der Waals surface area contributed by atoms with Crippen LogP contribution in [-0.4, -0.2) is 43.3 Å². The van der Waals surface area contributed by atoms with Gasteiger partial charge < -0.3 is 4.74 Å². The van der Waals surface area contributed by atoms with Crippen LogP contribution in [0.25, 0.3) is 16.0 Å². The average molecular weight is 407 g/mol. The van der Waals surface area contributed by atoms with Gasteiger partial charge in [0.15, 0.2) is 0 Å². The van der Waals surface area contributed by atoms with Crippen LogP contribution in [-0.2, 0) is 11.3 Å². The molecule has 2 aromatic carbocycles. The summed E-state index contributed by atoms with van der Waals surface area (Å²) in [6, 6.07) is 15.1. The van der Waals surface area contributed by atoms with Crippen molar-refractivity contribution in [3.63, 3.8) is 0 Å². The van der Waals surface area contributed by atoms with Gasteiger partial charge >= 0.3 is 6.09 Å². The second-order valence-corrected chi connectivity index (χ2v) is 7.39. The molecule has 30 heavy (non-hydrogen) atoms. The number of rotatable bonds is 6. The van der Waals surface area contributed by atoms with E-state index in [0.717, 1.165) is 31.6 Å². The molecule has 8 heteroatoms. The maximum absolute atomic E-state index is 14.9. The monoisotopic (exact) mass is 407 g/mol. The van der Waals surface area contributed by atoms with E-state index in [1.807, 2.05) is 18.2 Å². The molecule has 154 valence electrons. The molecule has 7 nitrogen and oxygen atoms in total. The highest BCUT2D eigenvalue weighted by Gasteiger charge is 2.32. The Labute approximate surface area is 174 Å². The van der Waals surface area contributed by atoms with E-state index < -0.39 is 12.2 Å². The van der Waals surface area contributed by atoms with Crippen LogP contribution in [0.1, 0.15) is 17.5 Å². The molecule has 0 spiro atoms. The second-order valence-electron chi connectivity index (χ2n) is 7.39. The zero-order valence-electron chi connectivity index (χ0n) is 16.4. The maximum atomic E-state index is 14.9. The van der Waals surface area contributed by atoms with Gasteiger partial charge in [-0.15, -0.1) is 0 Å². The summed E-state index contributed by atoms with van der Waals surface area (Å²) in [4.78, 5) is 18.4. The van der Waals surface area contributed by atoms with Crippen LogP contribution in [0.5, 0.6) is 0 Å². The lowest BCUT2D eigenvalue weighted by atomic mass is 9.98. The molecule has 2 aliphatic rings. The molecular formula is C22H22FN5O2. The van der Waals surface area contributed by atoms with E-state index in [0.29, 0.717) is 11.3 Å². The zero-order valence-corrected chi connectivity index (χ0v) is 16.4. The van der Waals surface area contributed by atoms with E-state index in [9.17, 15) is 9.18 Å².